The van der Waals surface area contributed by atoms with Gasteiger partial charge in [-0.15, -0.1) is 0 Å². The van der Waals surface area contributed by atoms with Gasteiger partial charge in [0.1, 0.15) is 11.7 Å². The molecule has 2 aromatic carbocycles. The van der Waals surface area contributed by atoms with E-state index in [0.29, 0.717) is 16.5 Å². The van der Waals surface area contributed by atoms with E-state index in [9.17, 15) is 14.7 Å². The van der Waals surface area contributed by atoms with Crippen LogP contribution in [-0.4, -0.2) is 12.1 Å². The molecule has 3 rings (SSSR count). The Balaban J connectivity index is 2.34. The first-order chi connectivity index (χ1) is 12.3. The molecule has 26 heavy (non-hydrogen) atoms. The van der Waals surface area contributed by atoms with Gasteiger partial charge in [-0.2, -0.15) is 0 Å². The molecule has 0 N–H and O–H groups in total. The fraction of sp³-hybridized carbons (Fsp3) is 0.238. The Hall–Kier alpha value is -3.08. The lowest BCUT2D eigenvalue weighted by molar-refractivity contribution is -0.312. The predicted molar refractivity (Wildman–Crippen MR) is 97.2 cm³/mol. The minimum absolute atomic E-state index is 0.120. The van der Waals surface area contributed by atoms with Crippen molar-refractivity contribution in [1.82, 2.24) is 0 Å². The Kier molecular flexibility index (Phi) is 4.55. The van der Waals surface area contributed by atoms with Crippen molar-refractivity contribution in [2.24, 2.45) is 0 Å². The molecule has 0 aliphatic heterocycles. The Bertz CT molecular complexity index is 1040. The maximum Gasteiger partial charge on any atom is 0.235 e. The molecule has 0 aliphatic carbocycles. The molecule has 1 atom stereocenters. The zero-order chi connectivity index (χ0) is 19.0. The zero-order valence-electron chi connectivity index (χ0n) is 15.1. The summed E-state index contributed by atoms with van der Waals surface area (Å²) >= 11 is 0. The third-order valence-electron chi connectivity index (χ3n) is 4.24. The second-order valence-corrected chi connectivity index (χ2v) is 6.49. The van der Waals surface area contributed by atoms with Gasteiger partial charge in [-0.25, -0.2) is 0 Å². The average molecular weight is 351 g/mol. The van der Waals surface area contributed by atoms with Crippen molar-refractivity contribution >= 4 is 16.9 Å². The maximum atomic E-state index is 13.1. The van der Waals surface area contributed by atoms with Gasteiger partial charge in [-0.05, 0) is 44.9 Å². The van der Waals surface area contributed by atoms with Crippen molar-refractivity contribution in [3.05, 3.63) is 63.3 Å². The molecular weight excluding hydrogens is 332 g/mol. The van der Waals surface area contributed by atoms with Crippen molar-refractivity contribution in [1.29, 1.82) is 0 Å². The van der Waals surface area contributed by atoms with Gasteiger partial charge < -0.3 is 19.1 Å². The third kappa shape index (κ3) is 3.20. The summed E-state index contributed by atoms with van der Waals surface area (Å²) in [6.45, 7) is 6.99. The average Bonchev–Trinajstić information content (AvgIpc) is 2.57. The predicted octanol–water partition coefficient (Wildman–Crippen LogP) is 2.90. The fourth-order valence-electron chi connectivity index (χ4n) is 2.90. The molecule has 0 aliphatic rings. The summed E-state index contributed by atoms with van der Waals surface area (Å²) in [5, 5.41) is 11.5. The summed E-state index contributed by atoms with van der Waals surface area (Å²) in [4.78, 5) is 24.2. The number of carbonyl (C=O) groups is 1. The SMILES string of the molecule is Cc1ccc(-c2oc3cc(C)cc(C)c3c(=O)c2O[C@H](C)C(=O)[O-])cc1. The number of carboxylic acids is 1. The van der Waals surface area contributed by atoms with Crippen LogP contribution in [-0.2, 0) is 4.79 Å². The van der Waals surface area contributed by atoms with E-state index in [0.717, 1.165) is 16.7 Å². The van der Waals surface area contributed by atoms with E-state index in [1.54, 1.807) is 18.2 Å². The normalized spacial score (nSPS) is 12.2. The minimum atomic E-state index is -1.40. The quantitative estimate of drug-likeness (QED) is 0.722. The highest BCUT2D eigenvalue weighted by molar-refractivity contribution is 5.85. The molecule has 0 saturated carbocycles. The summed E-state index contributed by atoms with van der Waals surface area (Å²) in [6.07, 6.45) is -1.29. The Labute approximate surface area is 150 Å². The molecule has 0 spiro atoms. The smallest absolute Gasteiger partial charge is 0.235 e. The summed E-state index contributed by atoms with van der Waals surface area (Å²) in [5.74, 6) is -1.31. The van der Waals surface area contributed by atoms with Crippen molar-refractivity contribution in [2.45, 2.75) is 33.8 Å². The topological polar surface area (TPSA) is 79.6 Å². The van der Waals surface area contributed by atoms with E-state index in [-0.39, 0.29) is 11.5 Å². The van der Waals surface area contributed by atoms with E-state index in [1.165, 1.54) is 6.92 Å². The van der Waals surface area contributed by atoms with Gasteiger partial charge in [0.2, 0.25) is 11.2 Å². The van der Waals surface area contributed by atoms with Crippen LogP contribution in [0.5, 0.6) is 5.75 Å². The van der Waals surface area contributed by atoms with Gasteiger partial charge in [0.05, 0.1) is 11.4 Å². The summed E-state index contributed by atoms with van der Waals surface area (Å²) in [5.41, 5.74) is 3.44. The lowest BCUT2D eigenvalue weighted by Gasteiger charge is -2.18. The number of rotatable bonds is 4. The molecular formula is C21H19O5-. The maximum absolute atomic E-state index is 13.1. The lowest BCUT2D eigenvalue weighted by atomic mass is 10.0. The van der Waals surface area contributed by atoms with Crippen molar-refractivity contribution in [2.75, 3.05) is 0 Å². The number of hydrogen-bond donors (Lipinski definition) is 0. The molecule has 0 saturated heterocycles. The number of aryl methyl sites for hydroxylation is 3. The van der Waals surface area contributed by atoms with Gasteiger partial charge in [0.15, 0.2) is 5.76 Å². The van der Waals surface area contributed by atoms with Crippen LogP contribution >= 0.6 is 0 Å². The Morgan fingerprint density at radius 2 is 1.73 bits per heavy atom. The highest BCUT2D eigenvalue weighted by Crippen LogP contribution is 2.33. The van der Waals surface area contributed by atoms with Gasteiger partial charge in [-0.1, -0.05) is 35.9 Å². The number of hydrogen-bond acceptors (Lipinski definition) is 5. The molecule has 0 radical (unpaired) electrons. The summed E-state index contributed by atoms with van der Waals surface area (Å²) < 4.78 is 11.5. The highest BCUT2D eigenvalue weighted by Gasteiger charge is 2.21. The summed E-state index contributed by atoms with van der Waals surface area (Å²) in [7, 11) is 0. The van der Waals surface area contributed by atoms with Crippen LogP contribution in [0.25, 0.3) is 22.3 Å². The van der Waals surface area contributed by atoms with Crippen LogP contribution in [0.2, 0.25) is 0 Å². The van der Waals surface area contributed by atoms with E-state index >= 15 is 0 Å². The van der Waals surface area contributed by atoms with Crippen molar-refractivity contribution < 1.29 is 19.1 Å². The largest absolute Gasteiger partial charge is 0.546 e. The molecule has 5 heteroatoms. The van der Waals surface area contributed by atoms with Crippen LogP contribution in [0.3, 0.4) is 0 Å². The first-order valence-corrected chi connectivity index (χ1v) is 8.30. The van der Waals surface area contributed by atoms with Crippen LogP contribution in [0.4, 0.5) is 0 Å². The minimum Gasteiger partial charge on any atom is -0.546 e. The number of fused-ring (bicyclic) bond motifs is 1. The molecule has 134 valence electrons. The van der Waals surface area contributed by atoms with E-state index in [4.69, 9.17) is 9.15 Å². The third-order valence-corrected chi connectivity index (χ3v) is 4.24. The molecule has 1 aromatic heterocycles. The molecule has 0 fully saturated rings. The number of aliphatic carboxylic acids is 1. The molecule has 0 bridgehead atoms. The standard InChI is InChI=1S/C21H20O5/c1-11-5-7-15(8-6-11)19-20(25-14(4)21(23)24)18(22)17-13(3)9-12(2)10-16(17)26-19/h5-10,14H,1-4H3,(H,23,24)/p-1/t14-/m1/s1. The van der Waals surface area contributed by atoms with Crippen LogP contribution in [0.1, 0.15) is 23.6 Å². The van der Waals surface area contributed by atoms with Gasteiger partial charge in [0.25, 0.3) is 0 Å². The van der Waals surface area contributed by atoms with Gasteiger partial charge in [-0.3, -0.25) is 4.79 Å². The molecule has 5 nitrogen and oxygen atoms in total. The van der Waals surface area contributed by atoms with Crippen LogP contribution in [0, 0.1) is 20.8 Å². The van der Waals surface area contributed by atoms with E-state index < -0.39 is 17.5 Å². The second kappa shape index (κ2) is 6.67. The van der Waals surface area contributed by atoms with Crippen LogP contribution in [0.15, 0.2) is 45.6 Å². The van der Waals surface area contributed by atoms with Gasteiger partial charge >= 0.3 is 0 Å². The van der Waals surface area contributed by atoms with E-state index in [2.05, 4.69) is 0 Å². The Morgan fingerprint density at radius 1 is 1.08 bits per heavy atom. The zero-order valence-corrected chi connectivity index (χ0v) is 15.1. The van der Waals surface area contributed by atoms with E-state index in [1.807, 2.05) is 39.0 Å². The number of ether oxygens (including phenoxy) is 1. The molecule has 3 aromatic rings. The number of carbonyl (C=O) groups excluding carboxylic acids is 1. The van der Waals surface area contributed by atoms with Crippen LogP contribution < -0.4 is 15.3 Å². The van der Waals surface area contributed by atoms with Gasteiger partial charge in [0, 0.05) is 5.56 Å². The highest BCUT2D eigenvalue weighted by atomic mass is 16.5. The molecule has 0 unspecified atom stereocenters. The Morgan fingerprint density at radius 3 is 2.35 bits per heavy atom. The molecule has 1 heterocycles. The van der Waals surface area contributed by atoms with Crippen molar-refractivity contribution in [3.8, 4) is 17.1 Å². The van der Waals surface area contributed by atoms with Crippen molar-refractivity contribution in [3.63, 3.8) is 0 Å². The second-order valence-electron chi connectivity index (χ2n) is 6.49. The fourth-order valence-corrected chi connectivity index (χ4v) is 2.90. The lowest BCUT2D eigenvalue weighted by Crippen LogP contribution is -2.38. The molecule has 0 amide bonds. The number of carboxylic acid groups (broad SMARTS) is 1. The summed E-state index contributed by atoms with van der Waals surface area (Å²) in [6, 6.07) is 11.0. The first kappa shape index (κ1) is 17.7. The monoisotopic (exact) mass is 351 g/mol. The first-order valence-electron chi connectivity index (χ1n) is 8.30. The number of benzene rings is 2.